The van der Waals surface area contributed by atoms with Crippen molar-refractivity contribution in [3.05, 3.63) is 29.8 Å². The Labute approximate surface area is 111 Å². The largest absolute Gasteiger partial charge is 0.496 e. The van der Waals surface area contributed by atoms with Crippen LogP contribution in [0.15, 0.2) is 24.3 Å². The molecule has 0 aliphatic heterocycles. The fourth-order valence-corrected chi connectivity index (χ4v) is 1.55. The molecule has 0 saturated carbocycles. The lowest BCUT2D eigenvalue weighted by molar-refractivity contribution is -0.145. The molecule has 19 heavy (non-hydrogen) atoms. The molecule has 0 heterocycles. The topological polar surface area (TPSA) is 84.9 Å². The van der Waals surface area contributed by atoms with Gasteiger partial charge in [-0.05, 0) is 19.1 Å². The normalized spacial score (nSPS) is 13.3. The number of aliphatic hydroxyl groups excluding tert-OH is 1. The molecule has 0 aliphatic carbocycles. The molecule has 0 aliphatic rings. The minimum absolute atomic E-state index is 0.277. The zero-order chi connectivity index (χ0) is 14.4. The predicted octanol–water partition coefficient (Wildman–Crippen LogP) is 0.347. The van der Waals surface area contributed by atoms with Crippen LogP contribution in [0.1, 0.15) is 17.3 Å². The number of carbonyl (C=O) groups excluding carboxylic acids is 2. The number of para-hydroxylation sites is 1. The van der Waals surface area contributed by atoms with Crippen molar-refractivity contribution >= 4 is 11.9 Å². The first-order chi connectivity index (χ1) is 9.01. The van der Waals surface area contributed by atoms with Crippen LogP contribution in [0.2, 0.25) is 0 Å². The second-order valence-electron chi connectivity index (χ2n) is 3.92. The van der Waals surface area contributed by atoms with Gasteiger partial charge in [0.2, 0.25) is 0 Å². The van der Waals surface area contributed by atoms with Crippen LogP contribution >= 0.6 is 0 Å². The molecular formula is C13H17NO5. The van der Waals surface area contributed by atoms with E-state index in [0.29, 0.717) is 5.75 Å². The third kappa shape index (κ3) is 3.69. The number of methoxy groups -OCH3 is 2. The fraction of sp³-hybridized carbons (Fsp3) is 0.385. The third-order valence-corrected chi connectivity index (χ3v) is 2.58. The number of hydrogen-bond donors (Lipinski definition) is 2. The first-order valence-electron chi connectivity index (χ1n) is 5.71. The summed E-state index contributed by atoms with van der Waals surface area (Å²) >= 11 is 0. The number of amides is 1. The SMILES string of the molecule is COC(=O)[C@@H](NC(=O)c1ccccc1OC)[C@@H](C)O. The van der Waals surface area contributed by atoms with Crippen molar-refractivity contribution in [3.63, 3.8) is 0 Å². The predicted molar refractivity (Wildman–Crippen MR) is 67.9 cm³/mol. The van der Waals surface area contributed by atoms with Gasteiger partial charge in [-0.2, -0.15) is 0 Å². The van der Waals surface area contributed by atoms with Gasteiger partial charge in [0.25, 0.3) is 5.91 Å². The van der Waals surface area contributed by atoms with Gasteiger partial charge in [-0.3, -0.25) is 4.79 Å². The molecule has 1 amide bonds. The maximum atomic E-state index is 12.0. The summed E-state index contributed by atoms with van der Waals surface area (Å²) in [5.74, 6) is -0.846. The van der Waals surface area contributed by atoms with Crippen molar-refractivity contribution in [3.8, 4) is 5.75 Å². The number of nitrogens with one attached hydrogen (secondary N) is 1. The van der Waals surface area contributed by atoms with E-state index in [0.717, 1.165) is 0 Å². The average molecular weight is 267 g/mol. The number of hydrogen-bond acceptors (Lipinski definition) is 5. The molecule has 0 fully saturated rings. The van der Waals surface area contributed by atoms with E-state index in [2.05, 4.69) is 10.1 Å². The summed E-state index contributed by atoms with van der Waals surface area (Å²) in [6.07, 6.45) is -1.06. The van der Waals surface area contributed by atoms with Crippen LogP contribution in [0, 0.1) is 0 Å². The maximum absolute atomic E-state index is 12.0. The van der Waals surface area contributed by atoms with Gasteiger partial charge in [0.1, 0.15) is 5.75 Å². The zero-order valence-electron chi connectivity index (χ0n) is 11.0. The van der Waals surface area contributed by atoms with Gasteiger partial charge in [-0.15, -0.1) is 0 Å². The monoisotopic (exact) mass is 267 g/mol. The molecule has 0 unspecified atom stereocenters. The molecule has 0 bridgehead atoms. The van der Waals surface area contributed by atoms with E-state index in [9.17, 15) is 14.7 Å². The molecule has 104 valence electrons. The molecule has 0 aromatic heterocycles. The highest BCUT2D eigenvalue weighted by Gasteiger charge is 2.27. The Kier molecular flexibility index (Phi) is 5.32. The van der Waals surface area contributed by atoms with Crippen LogP contribution < -0.4 is 10.1 Å². The number of rotatable bonds is 5. The second kappa shape index (κ2) is 6.75. The van der Waals surface area contributed by atoms with E-state index >= 15 is 0 Å². The number of ether oxygens (including phenoxy) is 2. The van der Waals surface area contributed by atoms with Crippen molar-refractivity contribution in [1.29, 1.82) is 0 Å². The standard InChI is InChI=1S/C13H17NO5/c1-8(15)11(13(17)19-3)14-12(16)9-6-4-5-7-10(9)18-2/h4-8,11,15H,1-3H3,(H,14,16)/t8-,11+/m1/s1. The van der Waals surface area contributed by atoms with Crippen molar-refractivity contribution in [2.45, 2.75) is 19.1 Å². The maximum Gasteiger partial charge on any atom is 0.331 e. The highest BCUT2D eigenvalue weighted by atomic mass is 16.5. The summed E-state index contributed by atoms with van der Waals surface area (Å²) in [5.41, 5.74) is 0.277. The molecule has 2 atom stereocenters. The summed E-state index contributed by atoms with van der Waals surface area (Å²) in [5, 5.41) is 11.9. The van der Waals surface area contributed by atoms with Crippen LogP contribution in [-0.2, 0) is 9.53 Å². The minimum Gasteiger partial charge on any atom is -0.496 e. The van der Waals surface area contributed by atoms with Crippen molar-refractivity contribution in [1.82, 2.24) is 5.32 Å². The lowest BCUT2D eigenvalue weighted by Crippen LogP contribution is -2.48. The van der Waals surface area contributed by atoms with Crippen molar-refractivity contribution < 1.29 is 24.2 Å². The van der Waals surface area contributed by atoms with Gasteiger partial charge in [-0.25, -0.2) is 4.79 Å². The fourth-order valence-electron chi connectivity index (χ4n) is 1.55. The Morgan fingerprint density at radius 2 is 1.89 bits per heavy atom. The van der Waals surface area contributed by atoms with Crippen LogP contribution in [0.3, 0.4) is 0 Å². The smallest absolute Gasteiger partial charge is 0.331 e. The minimum atomic E-state index is -1.12. The molecule has 6 heteroatoms. The Bertz CT molecular complexity index is 458. The van der Waals surface area contributed by atoms with Crippen molar-refractivity contribution in [2.24, 2.45) is 0 Å². The first-order valence-corrected chi connectivity index (χ1v) is 5.71. The molecule has 1 aromatic rings. The van der Waals surface area contributed by atoms with Crippen LogP contribution in [0.25, 0.3) is 0 Å². The Hall–Kier alpha value is -2.08. The Balaban J connectivity index is 2.91. The highest BCUT2D eigenvalue weighted by molar-refractivity contribution is 5.99. The lowest BCUT2D eigenvalue weighted by atomic mass is 10.1. The van der Waals surface area contributed by atoms with Gasteiger partial charge in [-0.1, -0.05) is 12.1 Å². The molecular weight excluding hydrogens is 250 g/mol. The first kappa shape index (κ1) is 15.0. The average Bonchev–Trinajstić information content (AvgIpc) is 2.43. The van der Waals surface area contributed by atoms with Gasteiger partial charge in [0.15, 0.2) is 6.04 Å². The van der Waals surface area contributed by atoms with E-state index in [-0.39, 0.29) is 5.56 Å². The number of aliphatic hydroxyl groups is 1. The van der Waals surface area contributed by atoms with E-state index < -0.39 is 24.0 Å². The van der Waals surface area contributed by atoms with E-state index in [1.54, 1.807) is 24.3 Å². The Morgan fingerprint density at radius 1 is 1.26 bits per heavy atom. The van der Waals surface area contributed by atoms with E-state index in [4.69, 9.17) is 4.74 Å². The zero-order valence-corrected chi connectivity index (χ0v) is 11.0. The highest BCUT2D eigenvalue weighted by Crippen LogP contribution is 2.17. The van der Waals surface area contributed by atoms with Crippen molar-refractivity contribution in [2.75, 3.05) is 14.2 Å². The van der Waals surface area contributed by atoms with E-state index in [1.165, 1.54) is 21.1 Å². The molecule has 0 spiro atoms. The van der Waals surface area contributed by atoms with Crippen LogP contribution in [-0.4, -0.2) is 43.3 Å². The number of esters is 1. The quantitative estimate of drug-likeness (QED) is 0.752. The molecule has 0 radical (unpaired) electrons. The van der Waals surface area contributed by atoms with E-state index in [1.807, 2.05) is 0 Å². The molecule has 0 saturated heterocycles. The summed E-state index contributed by atoms with van der Waals surface area (Å²) < 4.78 is 9.58. The lowest BCUT2D eigenvalue weighted by Gasteiger charge is -2.19. The molecule has 1 rings (SSSR count). The van der Waals surface area contributed by atoms with Gasteiger partial charge < -0.3 is 19.9 Å². The molecule has 1 aromatic carbocycles. The second-order valence-corrected chi connectivity index (χ2v) is 3.92. The number of carbonyl (C=O) groups is 2. The van der Waals surface area contributed by atoms with Gasteiger partial charge in [0.05, 0.1) is 25.9 Å². The van der Waals surface area contributed by atoms with Gasteiger partial charge in [0, 0.05) is 0 Å². The summed E-state index contributed by atoms with van der Waals surface area (Å²) in [6.45, 7) is 1.39. The summed E-state index contributed by atoms with van der Waals surface area (Å²) in [4.78, 5) is 23.5. The van der Waals surface area contributed by atoms with Gasteiger partial charge >= 0.3 is 5.97 Å². The van der Waals surface area contributed by atoms with Crippen LogP contribution in [0.4, 0.5) is 0 Å². The third-order valence-electron chi connectivity index (χ3n) is 2.58. The molecule has 2 N–H and O–H groups in total. The number of benzene rings is 1. The summed E-state index contributed by atoms with van der Waals surface area (Å²) in [7, 11) is 2.63. The Morgan fingerprint density at radius 3 is 2.42 bits per heavy atom. The summed E-state index contributed by atoms with van der Waals surface area (Å²) in [6, 6.07) is 5.46. The molecule has 6 nitrogen and oxygen atoms in total. The van der Waals surface area contributed by atoms with Crippen LogP contribution in [0.5, 0.6) is 5.75 Å².